The second kappa shape index (κ2) is 10.0. The normalized spacial score (nSPS) is 17.7. The van der Waals surface area contributed by atoms with Crippen molar-refractivity contribution in [2.45, 2.75) is 23.8 Å². The summed E-state index contributed by atoms with van der Waals surface area (Å²) >= 11 is 0. The molecule has 1 aliphatic rings. The van der Waals surface area contributed by atoms with Gasteiger partial charge in [-0.3, -0.25) is 9.78 Å². The van der Waals surface area contributed by atoms with Gasteiger partial charge in [-0.15, -0.1) is 24.8 Å². The molecular formula is C13H22Cl2N4O3S. The summed E-state index contributed by atoms with van der Waals surface area (Å²) in [6, 6.07) is 3.08. The van der Waals surface area contributed by atoms with E-state index in [0.29, 0.717) is 0 Å². The van der Waals surface area contributed by atoms with E-state index in [0.717, 1.165) is 30.2 Å². The summed E-state index contributed by atoms with van der Waals surface area (Å²) in [5.41, 5.74) is 0. The van der Waals surface area contributed by atoms with Crippen LogP contribution in [0, 0.1) is 0 Å². The Balaban J connectivity index is 0.00000242. The van der Waals surface area contributed by atoms with Crippen molar-refractivity contribution < 1.29 is 13.2 Å². The molecule has 7 nitrogen and oxygen atoms in total. The highest BCUT2D eigenvalue weighted by Gasteiger charge is 2.24. The van der Waals surface area contributed by atoms with Crippen LogP contribution < -0.4 is 10.6 Å². The molecule has 0 bridgehead atoms. The minimum Gasteiger partial charge on any atom is -0.351 e. The van der Waals surface area contributed by atoms with Crippen LogP contribution in [0.25, 0.3) is 0 Å². The van der Waals surface area contributed by atoms with Gasteiger partial charge in [0.05, 0.1) is 6.54 Å². The Bertz CT molecular complexity index is 580. The fourth-order valence-corrected chi connectivity index (χ4v) is 3.31. The smallest absolute Gasteiger partial charge is 0.244 e. The van der Waals surface area contributed by atoms with Crippen molar-refractivity contribution in [1.82, 2.24) is 19.9 Å². The van der Waals surface area contributed by atoms with Gasteiger partial charge in [-0.05, 0) is 31.5 Å². The zero-order chi connectivity index (χ0) is 15.3. The molecule has 1 unspecified atom stereocenters. The highest BCUT2D eigenvalue weighted by molar-refractivity contribution is 7.89. The highest BCUT2D eigenvalue weighted by Crippen LogP contribution is 2.11. The molecule has 10 heteroatoms. The monoisotopic (exact) mass is 384 g/mol. The number of amides is 1. The summed E-state index contributed by atoms with van der Waals surface area (Å²) in [5, 5.41) is 6.04. The first-order valence-electron chi connectivity index (χ1n) is 6.86. The molecule has 0 spiro atoms. The Morgan fingerprint density at radius 1 is 1.48 bits per heavy atom. The predicted molar refractivity (Wildman–Crippen MR) is 92.6 cm³/mol. The van der Waals surface area contributed by atoms with Gasteiger partial charge in [0.25, 0.3) is 0 Å². The van der Waals surface area contributed by atoms with Gasteiger partial charge in [0, 0.05) is 32.0 Å². The maximum Gasteiger partial charge on any atom is 0.244 e. The molecule has 1 amide bonds. The van der Waals surface area contributed by atoms with E-state index in [1.54, 1.807) is 6.07 Å². The number of hydrogen-bond acceptors (Lipinski definition) is 5. The third-order valence-electron chi connectivity index (χ3n) is 3.37. The van der Waals surface area contributed by atoms with Crippen LogP contribution in [0.3, 0.4) is 0 Å². The molecule has 1 aromatic rings. The van der Waals surface area contributed by atoms with Crippen LogP contribution in [-0.2, 0) is 14.8 Å². The van der Waals surface area contributed by atoms with Gasteiger partial charge < -0.3 is 10.6 Å². The molecule has 0 saturated carbocycles. The van der Waals surface area contributed by atoms with Crippen LogP contribution in [-0.4, -0.2) is 56.3 Å². The van der Waals surface area contributed by atoms with Gasteiger partial charge in [0.15, 0.2) is 0 Å². The number of halogens is 2. The maximum absolute atomic E-state index is 12.3. The number of nitrogens with one attached hydrogen (secondary N) is 2. The van der Waals surface area contributed by atoms with Crippen molar-refractivity contribution in [3.63, 3.8) is 0 Å². The Kier molecular flexibility index (Phi) is 9.64. The van der Waals surface area contributed by atoms with Crippen LogP contribution in [0.4, 0.5) is 0 Å². The topological polar surface area (TPSA) is 91.4 Å². The minimum absolute atomic E-state index is 0. The van der Waals surface area contributed by atoms with Crippen molar-refractivity contribution in [2.75, 3.05) is 26.7 Å². The number of pyridine rings is 1. The minimum atomic E-state index is -3.68. The summed E-state index contributed by atoms with van der Waals surface area (Å²) < 4.78 is 25.5. The van der Waals surface area contributed by atoms with Crippen molar-refractivity contribution in [3.8, 4) is 0 Å². The lowest BCUT2D eigenvalue weighted by Gasteiger charge is -2.25. The summed E-state index contributed by atoms with van der Waals surface area (Å²) in [6.07, 6.45) is 4.70. The van der Waals surface area contributed by atoms with Gasteiger partial charge >= 0.3 is 0 Å². The maximum atomic E-state index is 12.3. The van der Waals surface area contributed by atoms with Crippen LogP contribution >= 0.6 is 24.8 Å². The molecule has 1 aromatic heterocycles. The standard InChI is InChI=1S/C13H20N4O3S.2ClH/c1-17(21(19,20)12-5-3-7-15-9-12)10-13(18)16-11-4-2-6-14-8-11;;/h3,5,7,9,11,14H,2,4,6,8,10H2,1H3,(H,16,18);2*1H. The zero-order valence-electron chi connectivity index (χ0n) is 12.8. The first kappa shape index (κ1) is 22.1. The first-order valence-corrected chi connectivity index (χ1v) is 8.30. The van der Waals surface area contributed by atoms with Gasteiger partial charge in [-0.1, -0.05) is 0 Å². The zero-order valence-corrected chi connectivity index (χ0v) is 15.2. The third kappa shape index (κ3) is 6.23. The molecule has 23 heavy (non-hydrogen) atoms. The van der Waals surface area contributed by atoms with Gasteiger partial charge in [-0.25, -0.2) is 8.42 Å². The van der Waals surface area contributed by atoms with Crippen LogP contribution in [0.1, 0.15) is 12.8 Å². The number of carbonyl (C=O) groups excluding carboxylic acids is 1. The van der Waals surface area contributed by atoms with E-state index in [1.807, 2.05) is 0 Å². The number of nitrogens with zero attached hydrogens (tertiary/aromatic N) is 2. The highest BCUT2D eigenvalue weighted by atomic mass is 35.5. The van der Waals surface area contributed by atoms with E-state index >= 15 is 0 Å². The molecule has 0 radical (unpaired) electrons. The second-order valence-electron chi connectivity index (χ2n) is 5.06. The lowest BCUT2D eigenvalue weighted by Crippen LogP contribution is -2.48. The average molecular weight is 385 g/mol. The Morgan fingerprint density at radius 2 is 2.22 bits per heavy atom. The second-order valence-corrected chi connectivity index (χ2v) is 7.11. The number of hydrogen-bond donors (Lipinski definition) is 2. The molecular weight excluding hydrogens is 363 g/mol. The third-order valence-corrected chi connectivity index (χ3v) is 5.16. The molecule has 0 aromatic carbocycles. The number of aromatic nitrogens is 1. The van der Waals surface area contributed by atoms with E-state index in [2.05, 4.69) is 15.6 Å². The molecule has 1 atom stereocenters. The molecule has 1 aliphatic heterocycles. The number of piperidine rings is 1. The van der Waals surface area contributed by atoms with Crippen LogP contribution in [0.15, 0.2) is 29.4 Å². The molecule has 2 rings (SSSR count). The molecule has 0 aliphatic carbocycles. The van der Waals surface area contributed by atoms with E-state index in [1.165, 1.54) is 25.5 Å². The van der Waals surface area contributed by atoms with Crippen molar-refractivity contribution >= 4 is 40.7 Å². The lowest BCUT2D eigenvalue weighted by molar-refractivity contribution is -0.121. The quantitative estimate of drug-likeness (QED) is 0.767. The van der Waals surface area contributed by atoms with Crippen molar-refractivity contribution in [3.05, 3.63) is 24.5 Å². The largest absolute Gasteiger partial charge is 0.351 e. The van der Waals surface area contributed by atoms with Crippen molar-refractivity contribution in [2.24, 2.45) is 0 Å². The predicted octanol–water partition coefficient (Wildman–Crippen LogP) is 0.414. The molecule has 2 heterocycles. The van der Waals surface area contributed by atoms with E-state index in [-0.39, 0.29) is 48.2 Å². The van der Waals surface area contributed by atoms with Crippen molar-refractivity contribution in [1.29, 1.82) is 0 Å². The summed E-state index contributed by atoms with van der Waals surface area (Å²) in [4.78, 5) is 15.8. The lowest BCUT2D eigenvalue weighted by atomic mass is 10.1. The molecule has 1 fully saturated rings. The molecule has 2 N–H and O–H groups in total. The fourth-order valence-electron chi connectivity index (χ4n) is 2.22. The molecule has 1 saturated heterocycles. The van der Waals surface area contributed by atoms with E-state index in [4.69, 9.17) is 0 Å². The van der Waals surface area contributed by atoms with Gasteiger partial charge in [0.1, 0.15) is 4.90 Å². The van der Waals surface area contributed by atoms with Gasteiger partial charge in [-0.2, -0.15) is 4.31 Å². The first-order chi connectivity index (χ1) is 10.00. The Morgan fingerprint density at radius 3 is 2.78 bits per heavy atom. The summed E-state index contributed by atoms with van der Waals surface area (Å²) in [7, 11) is -2.29. The Hall–Kier alpha value is -0.930. The number of sulfonamides is 1. The SMILES string of the molecule is CN(CC(=O)NC1CCCNC1)S(=O)(=O)c1cccnc1.Cl.Cl. The fraction of sp³-hybridized carbons (Fsp3) is 0.538. The summed E-state index contributed by atoms with van der Waals surface area (Å²) in [5.74, 6) is -0.293. The van der Waals surface area contributed by atoms with Crippen LogP contribution in [0.5, 0.6) is 0 Å². The van der Waals surface area contributed by atoms with E-state index < -0.39 is 10.0 Å². The number of likely N-dealkylation sites (N-methyl/N-ethyl adjacent to an activating group) is 1. The molecule has 132 valence electrons. The van der Waals surface area contributed by atoms with Crippen LogP contribution in [0.2, 0.25) is 0 Å². The summed E-state index contributed by atoms with van der Waals surface area (Å²) in [6.45, 7) is 1.49. The number of rotatable bonds is 5. The van der Waals surface area contributed by atoms with E-state index in [9.17, 15) is 13.2 Å². The number of carbonyl (C=O) groups is 1. The van der Waals surface area contributed by atoms with Gasteiger partial charge in [0.2, 0.25) is 15.9 Å². The average Bonchev–Trinajstić information content (AvgIpc) is 2.49. The Labute approximate surface area is 149 Å².